The van der Waals surface area contributed by atoms with E-state index >= 15 is 0 Å². The average molecular weight is 425 g/mol. The van der Waals surface area contributed by atoms with Crippen LogP contribution in [0.2, 0.25) is 0 Å². The summed E-state index contributed by atoms with van der Waals surface area (Å²) < 4.78 is 117. The van der Waals surface area contributed by atoms with Gasteiger partial charge in [0.25, 0.3) is 0 Å². The van der Waals surface area contributed by atoms with Crippen molar-refractivity contribution in [3.63, 3.8) is 0 Å². The zero-order valence-corrected chi connectivity index (χ0v) is 15.5. The monoisotopic (exact) mass is 425 g/mol. The van der Waals surface area contributed by atoms with Gasteiger partial charge in [-0.05, 0) is 25.4 Å². The van der Waals surface area contributed by atoms with Crippen molar-refractivity contribution in [3.8, 4) is 0 Å². The predicted molar refractivity (Wildman–Crippen MR) is 79.0 cm³/mol. The van der Waals surface area contributed by atoms with E-state index in [-0.39, 0.29) is 13.0 Å². The lowest BCUT2D eigenvalue weighted by molar-refractivity contribution is -0.906. The fourth-order valence-corrected chi connectivity index (χ4v) is 2.86. The Morgan fingerprint density at radius 1 is 0.962 bits per heavy atom. The minimum atomic E-state index is -6.78. The van der Waals surface area contributed by atoms with Crippen molar-refractivity contribution >= 4 is 11.9 Å². The van der Waals surface area contributed by atoms with Crippen LogP contribution in [0.3, 0.4) is 0 Å². The SMILES string of the molecule is CC[N+](C)(CC)CCCN(C)SC(F)(F)C(F)(OF)C(F)(F)C(F)(F)F. The van der Waals surface area contributed by atoms with Crippen molar-refractivity contribution in [1.29, 1.82) is 0 Å². The molecule has 0 bridgehead atoms. The molecule has 1 unspecified atom stereocenters. The van der Waals surface area contributed by atoms with Gasteiger partial charge in [0.1, 0.15) is 0 Å². The summed E-state index contributed by atoms with van der Waals surface area (Å²) in [6.45, 7) is 5.56. The Morgan fingerprint density at radius 3 is 1.77 bits per heavy atom. The van der Waals surface area contributed by atoms with Crippen LogP contribution in [0.4, 0.5) is 39.6 Å². The summed E-state index contributed by atoms with van der Waals surface area (Å²) in [5.74, 6) is -13.0. The van der Waals surface area contributed by atoms with Crippen molar-refractivity contribution in [2.75, 3.05) is 40.3 Å². The fraction of sp³-hybridized carbons (Fsp3) is 1.00. The van der Waals surface area contributed by atoms with Crippen LogP contribution in [0.15, 0.2) is 0 Å². The van der Waals surface area contributed by atoms with Crippen LogP contribution in [0, 0.1) is 0 Å². The number of quaternary nitrogens is 1. The Bertz CT molecular complexity index is 446. The Labute approximate surface area is 150 Å². The zero-order chi connectivity index (χ0) is 21.0. The zero-order valence-electron chi connectivity index (χ0n) is 14.6. The highest BCUT2D eigenvalue weighted by atomic mass is 32.2. The van der Waals surface area contributed by atoms with Gasteiger partial charge in [-0.3, -0.25) is 0 Å². The number of rotatable bonds is 11. The maximum atomic E-state index is 13.7. The molecule has 0 aromatic carbocycles. The molecule has 0 rings (SSSR count). The van der Waals surface area contributed by atoms with Crippen molar-refractivity contribution in [2.45, 2.75) is 43.5 Å². The molecule has 0 aliphatic heterocycles. The molecule has 0 aromatic rings. The Kier molecular flexibility index (Phi) is 8.60. The summed E-state index contributed by atoms with van der Waals surface area (Å²) in [6.07, 6.45) is -6.51. The molecular weight excluding hydrogens is 403 g/mol. The van der Waals surface area contributed by atoms with E-state index in [4.69, 9.17) is 0 Å². The molecule has 0 N–H and O–H groups in total. The first-order valence-electron chi connectivity index (χ1n) is 7.58. The maximum Gasteiger partial charge on any atom is 0.459 e. The molecule has 1 atom stereocenters. The highest BCUT2D eigenvalue weighted by molar-refractivity contribution is 7.98. The molecule has 3 nitrogen and oxygen atoms in total. The molecule has 0 saturated heterocycles. The van der Waals surface area contributed by atoms with E-state index < -0.39 is 35.2 Å². The van der Waals surface area contributed by atoms with Gasteiger partial charge in [0.15, 0.2) is 0 Å². The van der Waals surface area contributed by atoms with E-state index in [1.807, 2.05) is 25.8 Å². The maximum absolute atomic E-state index is 13.7. The van der Waals surface area contributed by atoms with Gasteiger partial charge in [-0.2, -0.15) is 35.1 Å². The van der Waals surface area contributed by atoms with Crippen LogP contribution < -0.4 is 0 Å². The minimum absolute atomic E-state index is 0.186. The normalized spacial score (nSPS) is 16.8. The second-order valence-corrected chi connectivity index (χ2v) is 7.35. The smallest absolute Gasteiger partial charge is 0.326 e. The minimum Gasteiger partial charge on any atom is -0.326 e. The van der Waals surface area contributed by atoms with Crippen molar-refractivity contribution in [2.24, 2.45) is 0 Å². The molecule has 0 amide bonds. The average Bonchev–Trinajstić information content (AvgIpc) is 2.51. The largest absolute Gasteiger partial charge is 0.459 e. The first kappa shape index (κ1) is 25.6. The van der Waals surface area contributed by atoms with Gasteiger partial charge in [-0.1, -0.05) is 0 Å². The van der Waals surface area contributed by atoms with Crippen LogP contribution in [0.5, 0.6) is 0 Å². The first-order valence-corrected chi connectivity index (χ1v) is 8.35. The molecule has 0 aromatic heterocycles. The number of hydrogen-bond acceptors (Lipinski definition) is 3. The molecule has 26 heavy (non-hydrogen) atoms. The summed E-state index contributed by atoms with van der Waals surface area (Å²) in [5.41, 5.74) is 0. The summed E-state index contributed by atoms with van der Waals surface area (Å²) in [5, 5.41) is -5.55. The highest BCUT2D eigenvalue weighted by Gasteiger charge is 2.83. The topological polar surface area (TPSA) is 12.5 Å². The molecule has 0 aliphatic carbocycles. The molecular formula is C13H22F9N2OS+. The molecule has 0 radical (unpaired) electrons. The van der Waals surface area contributed by atoms with Crippen LogP contribution in [0.25, 0.3) is 0 Å². The third-order valence-electron chi connectivity index (χ3n) is 4.21. The van der Waals surface area contributed by atoms with Crippen LogP contribution >= 0.6 is 11.9 Å². The summed E-state index contributed by atoms with van der Waals surface area (Å²) in [7, 11) is 2.82. The highest BCUT2D eigenvalue weighted by Crippen LogP contribution is 2.56. The van der Waals surface area contributed by atoms with Gasteiger partial charge in [0, 0.05) is 24.9 Å². The van der Waals surface area contributed by atoms with Crippen molar-refractivity contribution in [3.05, 3.63) is 0 Å². The molecule has 0 aliphatic rings. The van der Waals surface area contributed by atoms with Crippen LogP contribution in [-0.2, 0) is 4.94 Å². The molecule has 13 heteroatoms. The lowest BCUT2D eigenvalue weighted by Crippen LogP contribution is -2.63. The van der Waals surface area contributed by atoms with Gasteiger partial charge in [0.2, 0.25) is 0 Å². The first-order chi connectivity index (χ1) is 11.5. The second kappa shape index (κ2) is 8.74. The number of hydrogen-bond donors (Lipinski definition) is 0. The fourth-order valence-electron chi connectivity index (χ4n) is 1.97. The van der Waals surface area contributed by atoms with Crippen molar-refractivity contribution in [1.82, 2.24) is 4.31 Å². The Balaban J connectivity index is 5.14. The summed E-state index contributed by atoms with van der Waals surface area (Å²) in [4.78, 5) is 1.85. The number of alkyl halides is 8. The van der Waals surface area contributed by atoms with Gasteiger partial charge >= 0.3 is 23.2 Å². The lowest BCUT2D eigenvalue weighted by atomic mass is 10.1. The van der Waals surface area contributed by atoms with E-state index in [2.05, 4.69) is 0 Å². The van der Waals surface area contributed by atoms with Gasteiger partial charge < -0.3 is 4.48 Å². The van der Waals surface area contributed by atoms with E-state index in [9.17, 15) is 39.6 Å². The van der Waals surface area contributed by atoms with Crippen LogP contribution in [0.1, 0.15) is 20.3 Å². The quantitative estimate of drug-likeness (QED) is 0.268. The number of halogens is 9. The lowest BCUT2D eigenvalue weighted by Gasteiger charge is -2.37. The molecule has 0 spiro atoms. The Hall–Kier alpha value is -0.400. The van der Waals surface area contributed by atoms with E-state index in [0.717, 1.165) is 20.1 Å². The second-order valence-electron chi connectivity index (χ2n) is 6.03. The molecule has 0 fully saturated rings. The third kappa shape index (κ3) is 5.32. The standard InChI is InChI=1S/C13H22F9N2OS/c1-5-24(4,6-2)9-7-8-23(3)26-13(20,21)11(16,25-22)10(14,15)12(17,18)19/h5-9H2,1-4H3/q+1. The van der Waals surface area contributed by atoms with E-state index in [1.165, 1.54) is 0 Å². The summed E-state index contributed by atoms with van der Waals surface area (Å²) in [6, 6.07) is 0. The van der Waals surface area contributed by atoms with Crippen molar-refractivity contribution < 1.29 is 49.1 Å². The summed E-state index contributed by atoms with van der Waals surface area (Å²) >= 11 is -0.985. The van der Waals surface area contributed by atoms with Gasteiger partial charge in [0.05, 0.1) is 26.7 Å². The third-order valence-corrected chi connectivity index (χ3v) is 5.19. The molecule has 0 heterocycles. The van der Waals surface area contributed by atoms with Gasteiger partial charge in [-0.15, -0.1) is 4.94 Å². The van der Waals surface area contributed by atoms with Crippen LogP contribution in [-0.4, -0.2) is 72.3 Å². The van der Waals surface area contributed by atoms with E-state index in [1.54, 1.807) is 0 Å². The molecule has 0 saturated carbocycles. The Morgan fingerprint density at radius 2 is 1.42 bits per heavy atom. The van der Waals surface area contributed by atoms with Gasteiger partial charge in [-0.25, -0.2) is 4.31 Å². The predicted octanol–water partition coefficient (Wildman–Crippen LogP) is 4.80. The number of nitrogens with zero attached hydrogens (tertiary/aromatic N) is 2. The van der Waals surface area contributed by atoms with E-state index in [0.29, 0.717) is 15.3 Å². The molecule has 158 valence electrons.